The van der Waals surface area contributed by atoms with Gasteiger partial charge in [-0.15, -0.1) is 0 Å². The number of rotatable bonds is 3. The molecule has 136 valence electrons. The van der Waals surface area contributed by atoms with Crippen LogP contribution in [0.4, 0.5) is 18.0 Å². The Morgan fingerprint density at radius 3 is 2.20 bits per heavy atom. The Morgan fingerprint density at radius 2 is 1.76 bits per heavy atom. The van der Waals surface area contributed by atoms with E-state index in [4.69, 9.17) is 20.5 Å². The van der Waals surface area contributed by atoms with E-state index in [1.807, 2.05) is 0 Å². The van der Waals surface area contributed by atoms with Gasteiger partial charge in [-0.3, -0.25) is 0 Å². The van der Waals surface area contributed by atoms with Crippen LogP contribution in [-0.2, 0) is 10.9 Å². The quantitative estimate of drug-likeness (QED) is 0.891. The van der Waals surface area contributed by atoms with E-state index < -0.39 is 46.4 Å². The Bertz CT molecular complexity index is 720. The lowest BCUT2D eigenvalue weighted by Crippen LogP contribution is -2.70. The van der Waals surface area contributed by atoms with E-state index in [2.05, 4.69) is 0 Å². The summed E-state index contributed by atoms with van der Waals surface area (Å²) in [4.78, 5) is 11.1. The van der Waals surface area contributed by atoms with Crippen LogP contribution < -0.4 is 10.5 Å². The first kappa shape index (κ1) is 18.9. The molecule has 1 saturated carbocycles. The van der Waals surface area contributed by atoms with Gasteiger partial charge in [0.15, 0.2) is 0 Å². The zero-order valence-corrected chi connectivity index (χ0v) is 14.3. The van der Waals surface area contributed by atoms with E-state index in [1.165, 1.54) is 12.1 Å². The molecule has 0 heterocycles. The highest BCUT2D eigenvalue weighted by Gasteiger charge is 2.66. The number of nitrogens with two attached hydrogens (primary N) is 1. The fraction of sp³-hybridized carbons (Fsp3) is 0.529. The maximum absolute atomic E-state index is 13.1. The first-order valence-electron chi connectivity index (χ1n) is 7.56. The number of nitriles is 1. The largest absolute Gasteiger partial charge is 0.489 e. The lowest BCUT2D eigenvalue weighted by Gasteiger charge is -2.61. The summed E-state index contributed by atoms with van der Waals surface area (Å²) in [5.74, 6) is -0.00463. The number of halogens is 3. The Morgan fingerprint density at radius 1 is 1.20 bits per heavy atom. The molecule has 1 aromatic carbocycles. The van der Waals surface area contributed by atoms with Crippen molar-refractivity contribution >= 4 is 6.09 Å². The molecule has 0 radical (unpaired) electrons. The van der Waals surface area contributed by atoms with Crippen LogP contribution in [0.1, 0.15) is 38.8 Å². The zero-order chi connectivity index (χ0) is 19.2. The van der Waals surface area contributed by atoms with Gasteiger partial charge in [-0.05, 0) is 18.2 Å². The van der Waals surface area contributed by atoms with E-state index in [0.29, 0.717) is 0 Å². The standard InChI is InChI=1S/C17H19F3N2O3/c1-15(2)12(16(3,4)13(15)25-14(22)23)24-10-6-5-9(8-21)11(7-10)17(18,19)20/h5-7,12-13H,1-4H3,(H2,22,23)/t12-,13-. The van der Waals surface area contributed by atoms with Gasteiger partial charge >= 0.3 is 12.3 Å². The van der Waals surface area contributed by atoms with Crippen molar-refractivity contribution in [3.63, 3.8) is 0 Å². The summed E-state index contributed by atoms with van der Waals surface area (Å²) in [7, 11) is 0. The van der Waals surface area contributed by atoms with E-state index in [-0.39, 0.29) is 5.75 Å². The normalized spacial score (nSPS) is 23.9. The van der Waals surface area contributed by atoms with E-state index in [0.717, 1.165) is 12.1 Å². The molecular formula is C17H19F3N2O3. The smallest absolute Gasteiger partial charge is 0.417 e. The van der Waals surface area contributed by atoms with Crippen LogP contribution in [0.25, 0.3) is 0 Å². The lowest BCUT2D eigenvalue weighted by atomic mass is 9.51. The molecule has 0 atom stereocenters. The number of benzene rings is 1. The van der Waals surface area contributed by atoms with Crippen LogP contribution in [-0.4, -0.2) is 18.3 Å². The van der Waals surface area contributed by atoms with Crippen molar-refractivity contribution in [3.8, 4) is 11.8 Å². The molecule has 0 unspecified atom stereocenters. The molecule has 25 heavy (non-hydrogen) atoms. The minimum absolute atomic E-state index is 0.00463. The van der Waals surface area contributed by atoms with Crippen molar-refractivity contribution in [1.82, 2.24) is 0 Å². The highest BCUT2D eigenvalue weighted by molar-refractivity contribution is 5.65. The Labute approximate surface area is 143 Å². The van der Waals surface area contributed by atoms with Gasteiger partial charge in [-0.1, -0.05) is 27.7 Å². The number of alkyl halides is 3. The van der Waals surface area contributed by atoms with Gasteiger partial charge in [0.2, 0.25) is 0 Å². The molecule has 0 aromatic heterocycles. The molecule has 0 spiro atoms. The van der Waals surface area contributed by atoms with Crippen molar-refractivity contribution in [2.24, 2.45) is 16.6 Å². The second-order valence-electron chi connectivity index (χ2n) is 7.27. The molecule has 1 fully saturated rings. The second kappa shape index (κ2) is 5.83. The monoisotopic (exact) mass is 356 g/mol. The molecule has 0 saturated heterocycles. The van der Waals surface area contributed by atoms with Crippen LogP contribution in [0.3, 0.4) is 0 Å². The molecule has 8 heteroatoms. The van der Waals surface area contributed by atoms with E-state index >= 15 is 0 Å². The number of carbonyl (C=O) groups excluding carboxylic acids is 1. The molecule has 0 bridgehead atoms. The Hall–Kier alpha value is -2.43. The lowest BCUT2D eigenvalue weighted by molar-refractivity contribution is -0.234. The second-order valence-corrected chi connectivity index (χ2v) is 7.27. The minimum Gasteiger partial charge on any atom is -0.489 e. The number of ether oxygens (including phenoxy) is 2. The molecular weight excluding hydrogens is 337 g/mol. The SMILES string of the molecule is CC1(C)[C@H](OC(N)=O)C(C)(C)[C@H]1Oc1ccc(C#N)c(C(F)(F)F)c1. The maximum atomic E-state index is 13.1. The Kier molecular flexibility index (Phi) is 4.41. The van der Waals surface area contributed by atoms with Crippen LogP contribution >= 0.6 is 0 Å². The fourth-order valence-corrected chi connectivity index (χ4v) is 3.88. The molecule has 1 aliphatic rings. The molecule has 1 amide bonds. The highest BCUT2D eigenvalue weighted by Crippen LogP contribution is 2.57. The fourth-order valence-electron chi connectivity index (χ4n) is 3.88. The van der Waals surface area contributed by atoms with Crippen molar-refractivity contribution in [2.45, 2.75) is 46.1 Å². The van der Waals surface area contributed by atoms with Gasteiger partial charge in [0.05, 0.1) is 17.2 Å². The van der Waals surface area contributed by atoms with E-state index in [9.17, 15) is 18.0 Å². The minimum atomic E-state index is -4.66. The average molecular weight is 356 g/mol. The summed E-state index contributed by atoms with van der Waals surface area (Å²) >= 11 is 0. The predicted octanol–water partition coefficient (Wildman–Crippen LogP) is 3.85. The summed E-state index contributed by atoms with van der Waals surface area (Å²) in [5, 5.41) is 8.85. The molecule has 2 rings (SSSR count). The van der Waals surface area contributed by atoms with Gasteiger partial charge in [0.1, 0.15) is 18.0 Å². The summed E-state index contributed by atoms with van der Waals surface area (Å²) in [5.41, 5.74) is 2.27. The van der Waals surface area contributed by atoms with Gasteiger partial charge < -0.3 is 15.2 Å². The van der Waals surface area contributed by atoms with Gasteiger partial charge in [0.25, 0.3) is 0 Å². The van der Waals surface area contributed by atoms with Crippen LogP contribution in [0.2, 0.25) is 0 Å². The van der Waals surface area contributed by atoms with Crippen molar-refractivity contribution < 1.29 is 27.4 Å². The van der Waals surface area contributed by atoms with Crippen molar-refractivity contribution in [2.75, 3.05) is 0 Å². The first-order valence-corrected chi connectivity index (χ1v) is 7.56. The van der Waals surface area contributed by atoms with Gasteiger partial charge in [-0.25, -0.2) is 4.79 Å². The first-order chi connectivity index (χ1) is 11.3. The topological polar surface area (TPSA) is 85.3 Å². The summed E-state index contributed by atoms with van der Waals surface area (Å²) in [6.45, 7) is 7.13. The third-order valence-corrected chi connectivity index (χ3v) is 4.61. The number of hydrogen-bond acceptors (Lipinski definition) is 4. The molecule has 0 aliphatic heterocycles. The van der Waals surface area contributed by atoms with Gasteiger partial charge in [-0.2, -0.15) is 18.4 Å². The molecule has 2 N–H and O–H groups in total. The predicted molar refractivity (Wildman–Crippen MR) is 82.6 cm³/mol. The van der Waals surface area contributed by atoms with Crippen molar-refractivity contribution in [1.29, 1.82) is 5.26 Å². The molecule has 5 nitrogen and oxygen atoms in total. The highest BCUT2D eigenvalue weighted by atomic mass is 19.4. The summed E-state index contributed by atoms with van der Waals surface area (Å²) < 4.78 is 50.2. The van der Waals surface area contributed by atoms with E-state index in [1.54, 1.807) is 27.7 Å². The molecule has 1 aromatic rings. The zero-order valence-electron chi connectivity index (χ0n) is 14.3. The van der Waals surface area contributed by atoms with Crippen molar-refractivity contribution in [3.05, 3.63) is 29.3 Å². The molecule has 1 aliphatic carbocycles. The average Bonchev–Trinajstić information content (AvgIpc) is 2.48. The third-order valence-electron chi connectivity index (χ3n) is 4.61. The summed E-state index contributed by atoms with van der Waals surface area (Å²) in [6, 6.07) is 4.74. The summed E-state index contributed by atoms with van der Waals surface area (Å²) in [6.07, 6.45) is -6.63. The third kappa shape index (κ3) is 3.23. The number of nitrogens with zero attached hydrogens (tertiary/aromatic N) is 1. The van der Waals surface area contributed by atoms with Crippen LogP contribution in [0, 0.1) is 22.2 Å². The van der Waals surface area contributed by atoms with Crippen LogP contribution in [0.5, 0.6) is 5.75 Å². The van der Waals surface area contributed by atoms with Gasteiger partial charge in [0, 0.05) is 10.8 Å². The number of primary amides is 1. The van der Waals surface area contributed by atoms with Crippen LogP contribution in [0.15, 0.2) is 18.2 Å². The maximum Gasteiger partial charge on any atom is 0.417 e. The number of hydrogen-bond donors (Lipinski definition) is 1. The number of carbonyl (C=O) groups is 1. The Balaban J connectivity index is 2.32. The number of amides is 1.